The third-order valence-corrected chi connectivity index (χ3v) is 3.12. The lowest BCUT2D eigenvalue weighted by Gasteiger charge is -2.29. The summed E-state index contributed by atoms with van der Waals surface area (Å²) in [6.45, 7) is 7.76. The van der Waals surface area contributed by atoms with Gasteiger partial charge in [-0.1, -0.05) is 27.7 Å². The predicted octanol–water partition coefficient (Wildman–Crippen LogP) is 0.304. The summed E-state index contributed by atoms with van der Waals surface area (Å²) in [5.74, 6) is -0.557. The molecule has 0 aromatic rings. The van der Waals surface area contributed by atoms with E-state index in [1.54, 1.807) is 34.7 Å². The van der Waals surface area contributed by atoms with Crippen molar-refractivity contribution >= 4 is 17.6 Å². The second kappa shape index (κ2) is 7.99. The van der Waals surface area contributed by atoms with Gasteiger partial charge in [0.05, 0.1) is 0 Å². The highest BCUT2D eigenvalue weighted by Crippen LogP contribution is 2.19. The molecule has 0 aliphatic carbocycles. The van der Waals surface area contributed by atoms with Crippen LogP contribution >= 0.6 is 0 Å². The second-order valence-electron chi connectivity index (χ2n) is 5.83. The Bertz CT molecular complexity index is 361. The number of amides is 2. The Morgan fingerprint density at radius 2 is 1.80 bits per heavy atom. The van der Waals surface area contributed by atoms with Crippen molar-refractivity contribution in [2.45, 2.75) is 46.6 Å². The lowest BCUT2D eigenvalue weighted by atomic mass is 9.86. The van der Waals surface area contributed by atoms with Crippen molar-refractivity contribution < 1.29 is 14.4 Å². The van der Waals surface area contributed by atoms with Crippen molar-refractivity contribution in [1.82, 2.24) is 10.2 Å². The Morgan fingerprint density at radius 1 is 1.25 bits per heavy atom. The predicted molar refractivity (Wildman–Crippen MR) is 78.0 cm³/mol. The molecule has 6 heteroatoms. The molecule has 6 nitrogen and oxygen atoms in total. The summed E-state index contributed by atoms with van der Waals surface area (Å²) in [5.41, 5.74) is 4.81. The number of likely N-dealkylation sites (N-methyl/N-ethyl adjacent to an activating group) is 1. The smallest absolute Gasteiger partial charge is 0.243 e. The Hall–Kier alpha value is -1.43. The van der Waals surface area contributed by atoms with Gasteiger partial charge in [0, 0.05) is 38.4 Å². The zero-order chi connectivity index (χ0) is 15.9. The molecule has 2 amide bonds. The molecule has 20 heavy (non-hydrogen) atoms. The average Bonchev–Trinajstić information content (AvgIpc) is 2.38. The molecule has 116 valence electrons. The highest BCUT2D eigenvalue weighted by molar-refractivity contribution is 5.94. The summed E-state index contributed by atoms with van der Waals surface area (Å²) in [6.07, 6.45) is 0.309. The van der Waals surface area contributed by atoms with E-state index < -0.39 is 11.5 Å². The molecule has 0 aliphatic rings. The largest absolute Gasteiger partial charge is 0.353 e. The van der Waals surface area contributed by atoms with E-state index >= 15 is 0 Å². The van der Waals surface area contributed by atoms with Crippen LogP contribution in [0.25, 0.3) is 0 Å². The number of Topliss-reactive ketones (excluding diaryl/α,β-unsaturated/α-hetero) is 1. The number of carbonyl (C=O) groups is 3. The lowest BCUT2D eigenvalue weighted by Crippen LogP contribution is -2.50. The first kappa shape index (κ1) is 18.6. The Balaban J connectivity index is 5.01. The van der Waals surface area contributed by atoms with Gasteiger partial charge in [0.2, 0.25) is 11.8 Å². The first-order valence-corrected chi connectivity index (χ1v) is 6.91. The SMILES string of the molecule is CCC(=O)N(C)C(CC(=O)C(C)(C)C)C(=O)NCCN. The normalized spacial score (nSPS) is 12.7. The first-order chi connectivity index (χ1) is 9.15. The van der Waals surface area contributed by atoms with E-state index in [1.165, 1.54) is 4.90 Å². The fourth-order valence-corrected chi connectivity index (χ4v) is 1.62. The number of carbonyl (C=O) groups excluding carboxylic acids is 3. The minimum Gasteiger partial charge on any atom is -0.353 e. The van der Waals surface area contributed by atoms with Gasteiger partial charge in [-0.05, 0) is 0 Å². The molecule has 1 unspecified atom stereocenters. The zero-order valence-corrected chi connectivity index (χ0v) is 13.2. The molecule has 0 spiro atoms. The maximum absolute atomic E-state index is 12.1. The second-order valence-corrected chi connectivity index (χ2v) is 5.83. The van der Waals surface area contributed by atoms with Gasteiger partial charge in [0.25, 0.3) is 0 Å². The summed E-state index contributed by atoms with van der Waals surface area (Å²) < 4.78 is 0. The standard InChI is InChI=1S/C14H27N3O3/c1-6-12(19)17(5)10(13(20)16-8-7-15)9-11(18)14(2,3)4/h10H,6-9,15H2,1-5H3,(H,16,20). The van der Waals surface area contributed by atoms with Gasteiger partial charge in [0.15, 0.2) is 0 Å². The van der Waals surface area contributed by atoms with Gasteiger partial charge in [-0.3, -0.25) is 14.4 Å². The van der Waals surface area contributed by atoms with Gasteiger partial charge >= 0.3 is 0 Å². The summed E-state index contributed by atoms with van der Waals surface area (Å²) in [5, 5.41) is 2.64. The topological polar surface area (TPSA) is 92.5 Å². The zero-order valence-electron chi connectivity index (χ0n) is 13.2. The number of rotatable bonds is 7. The number of nitrogens with zero attached hydrogens (tertiary/aromatic N) is 1. The van der Waals surface area contributed by atoms with Gasteiger partial charge in [-0.2, -0.15) is 0 Å². The number of nitrogens with two attached hydrogens (primary N) is 1. The molecule has 0 heterocycles. The van der Waals surface area contributed by atoms with Crippen molar-refractivity contribution in [3.05, 3.63) is 0 Å². The molecular weight excluding hydrogens is 258 g/mol. The monoisotopic (exact) mass is 285 g/mol. The third-order valence-electron chi connectivity index (χ3n) is 3.12. The Labute approximate surface area is 121 Å². The van der Waals surface area contributed by atoms with Crippen molar-refractivity contribution in [2.24, 2.45) is 11.1 Å². The van der Waals surface area contributed by atoms with E-state index in [4.69, 9.17) is 5.73 Å². The van der Waals surface area contributed by atoms with E-state index in [2.05, 4.69) is 5.32 Å². The van der Waals surface area contributed by atoms with Crippen LogP contribution in [-0.4, -0.2) is 48.7 Å². The van der Waals surface area contributed by atoms with Crippen LogP contribution in [0.5, 0.6) is 0 Å². The maximum atomic E-state index is 12.1. The quantitative estimate of drug-likeness (QED) is 0.704. The molecule has 0 saturated heterocycles. The van der Waals surface area contributed by atoms with Crippen LogP contribution in [0, 0.1) is 5.41 Å². The van der Waals surface area contributed by atoms with Crippen molar-refractivity contribution in [3.63, 3.8) is 0 Å². The van der Waals surface area contributed by atoms with Crippen LogP contribution in [-0.2, 0) is 14.4 Å². The van der Waals surface area contributed by atoms with Crippen molar-refractivity contribution in [1.29, 1.82) is 0 Å². The van der Waals surface area contributed by atoms with E-state index in [9.17, 15) is 14.4 Å². The third kappa shape index (κ3) is 5.69. The summed E-state index contributed by atoms with van der Waals surface area (Å²) in [7, 11) is 1.55. The molecular formula is C14H27N3O3. The first-order valence-electron chi connectivity index (χ1n) is 6.91. The van der Waals surface area contributed by atoms with Gasteiger partial charge < -0.3 is 16.0 Å². The maximum Gasteiger partial charge on any atom is 0.243 e. The Morgan fingerprint density at radius 3 is 2.20 bits per heavy atom. The average molecular weight is 285 g/mol. The van der Waals surface area contributed by atoms with Gasteiger partial charge in [0.1, 0.15) is 11.8 Å². The molecule has 0 radical (unpaired) electrons. The molecule has 3 N–H and O–H groups in total. The lowest BCUT2D eigenvalue weighted by molar-refractivity contribution is -0.141. The van der Waals surface area contributed by atoms with Crippen LogP contribution in [0.2, 0.25) is 0 Å². The van der Waals surface area contributed by atoms with Gasteiger partial charge in [-0.15, -0.1) is 0 Å². The van der Waals surface area contributed by atoms with E-state index in [1.807, 2.05) is 0 Å². The van der Waals surface area contributed by atoms with Crippen molar-refractivity contribution in [2.75, 3.05) is 20.1 Å². The molecule has 0 rings (SSSR count). The highest BCUT2D eigenvalue weighted by atomic mass is 16.2. The molecule has 0 aliphatic heterocycles. The number of ketones is 1. The van der Waals surface area contributed by atoms with Crippen LogP contribution in [0.1, 0.15) is 40.5 Å². The molecule has 1 atom stereocenters. The van der Waals surface area contributed by atoms with Crippen molar-refractivity contribution in [3.8, 4) is 0 Å². The minimum atomic E-state index is -0.777. The molecule has 0 fully saturated rings. The fourth-order valence-electron chi connectivity index (χ4n) is 1.62. The van der Waals surface area contributed by atoms with Crippen LogP contribution in [0.3, 0.4) is 0 Å². The van der Waals surface area contributed by atoms with Crippen LogP contribution in [0.4, 0.5) is 0 Å². The highest BCUT2D eigenvalue weighted by Gasteiger charge is 2.32. The van der Waals surface area contributed by atoms with Crippen LogP contribution in [0.15, 0.2) is 0 Å². The fraction of sp³-hybridized carbons (Fsp3) is 0.786. The number of nitrogens with one attached hydrogen (secondary N) is 1. The molecule has 0 aromatic heterocycles. The van der Waals surface area contributed by atoms with E-state index in [0.717, 1.165) is 0 Å². The molecule has 0 aromatic carbocycles. The number of hydrogen-bond donors (Lipinski definition) is 2. The molecule has 0 bridgehead atoms. The summed E-state index contributed by atoms with van der Waals surface area (Å²) >= 11 is 0. The summed E-state index contributed by atoms with van der Waals surface area (Å²) in [4.78, 5) is 37.4. The van der Waals surface area contributed by atoms with E-state index in [0.29, 0.717) is 19.5 Å². The summed E-state index contributed by atoms with van der Waals surface area (Å²) in [6, 6.07) is -0.777. The minimum absolute atomic E-state index is 0.0160. The van der Waals surface area contributed by atoms with Crippen LogP contribution < -0.4 is 11.1 Å². The van der Waals surface area contributed by atoms with E-state index in [-0.39, 0.29) is 24.0 Å². The molecule has 0 saturated carbocycles. The van der Waals surface area contributed by atoms with Gasteiger partial charge in [-0.25, -0.2) is 0 Å². The Kier molecular flexibility index (Phi) is 7.42. The number of hydrogen-bond acceptors (Lipinski definition) is 4.